The van der Waals surface area contributed by atoms with Gasteiger partial charge in [0.15, 0.2) is 6.10 Å². The topological polar surface area (TPSA) is 120 Å². The maximum atomic E-state index is 12.8. The van der Waals surface area contributed by atoms with Crippen LogP contribution in [0.5, 0.6) is 0 Å². The fourth-order valence-electron chi connectivity index (χ4n) is 3.28. The van der Waals surface area contributed by atoms with E-state index in [0.717, 1.165) is 11.3 Å². The number of nitrogens with zero attached hydrogens (tertiary/aromatic N) is 2. The maximum Gasteiger partial charge on any atom is 0.349 e. The van der Waals surface area contributed by atoms with E-state index >= 15 is 0 Å². The molecule has 0 aliphatic rings. The van der Waals surface area contributed by atoms with E-state index in [1.165, 1.54) is 24.9 Å². The first-order valence-electron chi connectivity index (χ1n) is 9.05. The number of ketones is 1. The van der Waals surface area contributed by atoms with E-state index in [1.54, 1.807) is 27.8 Å². The summed E-state index contributed by atoms with van der Waals surface area (Å²) in [7, 11) is 2.84. The molecule has 0 unspecified atom stereocenters. The van der Waals surface area contributed by atoms with Gasteiger partial charge in [-0.3, -0.25) is 9.59 Å². The number of aromatic amines is 1. The normalized spacial score (nSPS) is 12.1. The summed E-state index contributed by atoms with van der Waals surface area (Å²) in [6, 6.07) is 0. The van der Waals surface area contributed by atoms with Crippen LogP contribution >= 0.6 is 11.3 Å². The summed E-state index contributed by atoms with van der Waals surface area (Å²) in [6.07, 6.45) is 0.275. The zero-order valence-electron chi connectivity index (χ0n) is 17.4. The van der Waals surface area contributed by atoms with Crippen molar-refractivity contribution in [2.24, 2.45) is 7.05 Å². The predicted molar refractivity (Wildman–Crippen MR) is 110 cm³/mol. The Morgan fingerprint density at radius 1 is 1.17 bits per heavy atom. The van der Waals surface area contributed by atoms with Crippen LogP contribution in [0.4, 0.5) is 0 Å². The lowest BCUT2D eigenvalue weighted by atomic mass is 10.1. The van der Waals surface area contributed by atoms with Crippen molar-refractivity contribution < 1.29 is 23.9 Å². The zero-order chi connectivity index (χ0) is 22.3. The molecule has 0 spiro atoms. The second-order valence-electron chi connectivity index (χ2n) is 6.93. The van der Waals surface area contributed by atoms with Crippen molar-refractivity contribution in [1.29, 1.82) is 0 Å². The number of hydrogen-bond acceptors (Lipinski definition) is 8. The monoisotopic (exact) mass is 431 g/mol. The highest BCUT2D eigenvalue weighted by molar-refractivity contribution is 7.20. The Morgan fingerprint density at radius 3 is 2.47 bits per heavy atom. The summed E-state index contributed by atoms with van der Waals surface area (Å²) >= 11 is 1.04. The largest absolute Gasteiger partial charge is 0.465 e. The molecule has 0 fully saturated rings. The van der Waals surface area contributed by atoms with Crippen LogP contribution < -0.4 is 5.56 Å². The Labute approximate surface area is 175 Å². The molecule has 0 aromatic carbocycles. The molecular formula is C20H21N3O6S. The third-order valence-electron chi connectivity index (χ3n) is 4.92. The number of carbonyl (C=O) groups excluding carboxylic acids is 3. The van der Waals surface area contributed by atoms with Crippen LogP contribution in [0.3, 0.4) is 0 Å². The van der Waals surface area contributed by atoms with Crippen molar-refractivity contribution >= 4 is 39.3 Å². The van der Waals surface area contributed by atoms with Crippen molar-refractivity contribution in [1.82, 2.24) is 14.5 Å². The Bertz CT molecular complexity index is 1250. The first kappa shape index (κ1) is 21.4. The third-order valence-corrected chi connectivity index (χ3v) is 6.10. The van der Waals surface area contributed by atoms with Gasteiger partial charge in [0.05, 0.1) is 30.1 Å². The van der Waals surface area contributed by atoms with Crippen molar-refractivity contribution in [2.75, 3.05) is 7.11 Å². The van der Waals surface area contributed by atoms with E-state index in [9.17, 15) is 19.2 Å². The number of esters is 2. The minimum Gasteiger partial charge on any atom is -0.465 e. The quantitative estimate of drug-likeness (QED) is 0.487. The number of aromatic nitrogens is 3. The van der Waals surface area contributed by atoms with Crippen LogP contribution in [0.25, 0.3) is 10.2 Å². The fraction of sp³-hybridized carbons (Fsp3) is 0.350. The highest BCUT2D eigenvalue weighted by atomic mass is 32.1. The molecule has 0 saturated carbocycles. The molecular weight excluding hydrogens is 410 g/mol. The molecule has 0 amide bonds. The molecule has 3 rings (SSSR count). The molecule has 0 radical (unpaired) electrons. The second kappa shape index (κ2) is 7.86. The summed E-state index contributed by atoms with van der Waals surface area (Å²) in [5.74, 6) is -1.75. The van der Waals surface area contributed by atoms with Crippen molar-refractivity contribution in [3.05, 3.63) is 49.6 Å². The van der Waals surface area contributed by atoms with Crippen LogP contribution in [0, 0.1) is 20.8 Å². The maximum absolute atomic E-state index is 12.8. The summed E-state index contributed by atoms with van der Waals surface area (Å²) in [5, 5.41) is 0.356. The van der Waals surface area contributed by atoms with Crippen LogP contribution in [0.2, 0.25) is 0 Å². The SMILES string of the molecule is COC(=O)c1c(C)[nH]c(C(=O)[C@@H](C)OC(=O)c2sc3ncn(C)c(=O)c3c2C)c1C. The van der Waals surface area contributed by atoms with Crippen LogP contribution in [0.15, 0.2) is 11.1 Å². The first-order chi connectivity index (χ1) is 14.1. The van der Waals surface area contributed by atoms with Gasteiger partial charge in [-0.05, 0) is 38.8 Å². The number of rotatable bonds is 5. The minimum absolute atomic E-state index is 0.178. The standard InChI is InChI=1S/C20H21N3O6S/c1-8-12(19(26)28-6)10(3)22-14(8)15(24)11(4)29-20(27)16-9(2)13-17(30-16)21-7-23(5)18(13)25/h7,11,22H,1-6H3/t11-/m1/s1. The molecule has 10 heteroatoms. The highest BCUT2D eigenvalue weighted by Gasteiger charge is 2.29. The molecule has 158 valence electrons. The van der Waals surface area contributed by atoms with Gasteiger partial charge in [0, 0.05) is 12.7 Å². The molecule has 1 atom stereocenters. The summed E-state index contributed by atoms with van der Waals surface area (Å²) in [5.41, 5.74) is 1.58. The van der Waals surface area contributed by atoms with Gasteiger partial charge >= 0.3 is 11.9 Å². The van der Waals surface area contributed by atoms with Gasteiger partial charge in [-0.25, -0.2) is 14.6 Å². The van der Waals surface area contributed by atoms with Gasteiger partial charge in [-0.2, -0.15) is 0 Å². The van der Waals surface area contributed by atoms with Crippen LogP contribution in [-0.4, -0.2) is 45.5 Å². The van der Waals surface area contributed by atoms with Gasteiger partial charge in [0.2, 0.25) is 5.78 Å². The van der Waals surface area contributed by atoms with Crippen molar-refractivity contribution in [3.63, 3.8) is 0 Å². The summed E-state index contributed by atoms with van der Waals surface area (Å²) in [4.78, 5) is 57.5. The number of fused-ring (bicyclic) bond motifs is 1. The number of hydrogen-bond donors (Lipinski definition) is 1. The Hall–Kier alpha value is -3.27. The van der Waals surface area contributed by atoms with E-state index < -0.39 is 23.8 Å². The van der Waals surface area contributed by atoms with Crippen LogP contribution in [0.1, 0.15) is 54.3 Å². The minimum atomic E-state index is -1.11. The lowest BCUT2D eigenvalue weighted by molar-refractivity contribution is 0.0321. The first-order valence-corrected chi connectivity index (χ1v) is 9.87. The number of aryl methyl sites for hydroxylation is 3. The number of ether oxygens (including phenoxy) is 2. The Balaban J connectivity index is 1.88. The summed E-state index contributed by atoms with van der Waals surface area (Å²) in [6.45, 7) is 6.37. The predicted octanol–water partition coefficient (Wildman–Crippen LogP) is 2.46. The number of Topliss-reactive ketones (excluding diaryl/α,β-unsaturated/α-hetero) is 1. The Kier molecular flexibility index (Phi) is 5.62. The molecule has 3 aromatic heterocycles. The van der Waals surface area contributed by atoms with E-state index in [2.05, 4.69) is 9.97 Å². The Morgan fingerprint density at radius 2 is 1.83 bits per heavy atom. The lowest BCUT2D eigenvalue weighted by Crippen LogP contribution is -2.25. The lowest BCUT2D eigenvalue weighted by Gasteiger charge is -2.12. The average molecular weight is 431 g/mol. The average Bonchev–Trinajstić information content (AvgIpc) is 3.20. The van der Waals surface area contributed by atoms with Gasteiger partial charge in [-0.15, -0.1) is 11.3 Å². The molecule has 0 bridgehead atoms. The highest BCUT2D eigenvalue weighted by Crippen LogP contribution is 2.28. The number of H-pyrrole nitrogens is 1. The van der Waals surface area contributed by atoms with E-state index in [4.69, 9.17) is 9.47 Å². The zero-order valence-corrected chi connectivity index (χ0v) is 18.2. The van der Waals surface area contributed by atoms with Gasteiger partial charge in [0.25, 0.3) is 5.56 Å². The van der Waals surface area contributed by atoms with E-state index in [0.29, 0.717) is 27.0 Å². The number of thiophene rings is 1. The molecule has 0 saturated heterocycles. The van der Waals surface area contributed by atoms with Gasteiger partial charge < -0.3 is 19.0 Å². The molecule has 30 heavy (non-hydrogen) atoms. The fourth-order valence-corrected chi connectivity index (χ4v) is 4.30. The molecule has 3 aromatic rings. The third kappa shape index (κ3) is 3.43. The molecule has 0 aliphatic heterocycles. The molecule has 1 N–H and O–H groups in total. The van der Waals surface area contributed by atoms with Gasteiger partial charge in [-0.1, -0.05) is 0 Å². The van der Waals surface area contributed by atoms with E-state index in [-0.39, 0.29) is 21.7 Å². The van der Waals surface area contributed by atoms with Crippen LogP contribution in [-0.2, 0) is 16.5 Å². The molecule has 3 heterocycles. The number of carbonyl (C=O) groups is 3. The van der Waals surface area contributed by atoms with Crippen molar-refractivity contribution in [2.45, 2.75) is 33.8 Å². The second-order valence-corrected chi connectivity index (χ2v) is 7.92. The van der Waals surface area contributed by atoms with Gasteiger partial charge in [0.1, 0.15) is 9.71 Å². The summed E-state index contributed by atoms with van der Waals surface area (Å²) < 4.78 is 11.5. The smallest absolute Gasteiger partial charge is 0.349 e. The molecule has 9 nitrogen and oxygen atoms in total. The number of methoxy groups -OCH3 is 1. The van der Waals surface area contributed by atoms with E-state index in [1.807, 2.05) is 0 Å². The number of nitrogens with one attached hydrogen (secondary N) is 1. The van der Waals surface area contributed by atoms with Crippen molar-refractivity contribution in [3.8, 4) is 0 Å². The molecule has 0 aliphatic carbocycles.